The molecule has 0 amide bonds. The minimum atomic E-state index is -0.387. The number of rotatable bonds is 9. The van der Waals surface area contributed by atoms with Crippen molar-refractivity contribution in [2.45, 2.75) is 51.1 Å². The molecule has 2 aromatic carbocycles. The van der Waals surface area contributed by atoms with Crippen molar-refractivity contribution in [2.24, 2.45) is 0 Å². The number of likely N-dealkylation sites (tertiary alicyclic amines) is 1. The summed E-state index contributed by atoms with van der Waals surface area (Å²) in [5.74, 6) is 1.09. The highest BCUT2D eigenvalue weighted by molar-refractivity contribution is 6.30. The third kappa shape index (κ3) is 5.32. The molecule has 0 unspecified atom stereocenters. The highest BCUT2D eigenvalue weighted by Crippen LogP contribution is 2.27. The van der Waals surface area contributed by atoms with Crippen LogP contribution in [0.1, 0.15) is 47.1 Å². The Morgan fingerprint density at radius 2 is 1.97 bits per heavy atom. The Bertz CT molecular complexity index is 1440. The molecule has 10 heteroatoms. The van der Waals surface area contributed by atoms with Crippen molar-refractivity contribution < 1.29 is 18.7 Å². The van der Waals surface area contributed by atoms with Gasteiger partial charge in [-0.1, -0.05) is 17.7 Å². The lowest BCUT2D eigenvalue weighted by atomic mass is 10.1. The van der Waals surface area contributed by atoms with E-state index < -0.39 is 0 Å². The zero-order chi connectivity index (χ0) is 26.1. The zero-order valence-corrected chi connectivity index (χ0v) is 21.7. The summed E-state index contributed by atoms with van der Waals surface area (Å²) >= 11 is 5.82. The lowest BCUT2D eigenvalue weighted by Crippen LogP contribution is -2.36. The van der Waals surface area contributed by atoms with E-state index in [2.05, 4.69) is 14.6 Å². The van der Waals surface area contributed by atoms with E-state index in [-0.39, 0.29) is 24.6 Å². The summed E-state index contributed by atoms with van der Waals surface area (Å²) in [6.45, 7) is 4.22. The van der Waals surface area contributed by atoms with E-state index in [4.69, 9.17) is 26.1 Å². The number of aldehydes is 1. The molecule has 0 bridgehead atoms. The number of fused-ring (bicyclic) bond motifs is 1. The number of ether oxygens (including phenoxy) is 2. The molecule has 6 rings (SSSR count). The van der Waals surface area contributed by atoms with Gasteiger partial charge in [0.1, 0.15) is 24.5 Å². The standard InChI is InChI=1S/C28H29ClFN5O3/c29-21-3-2-20(24(30)14-21)18-38-28-7-11-35(32-28)22-5-9-33(10-6-22)16-27-31-25-4-1-19(17-36)13-26(25)34(27)15-23-8-12-37-23/h1-4,7,11,13-14,17,22-23H,5-6,8-10,12,15-16,18H2/t23-/m0/s1. The maximum atomic E-state index is 14.0. The first-order valence-electron chi connectivity index (χ1n) is 13.0. The molecule has 1 atom stereocenters. The normalized spacial score (nSPS) is 18.5. The average Bonchev–Trinajstić information content (AvgIpc) is 3.50. The van der Waals surface area contributed by atoms with Crippen molar-refractivity contribution in [3.63, 3.8) is 0 Å². The first kappa shape index (κ1) is 25.0. The number of carbonyl (C=O) groups is 1. The van der Waals surface area contributed by atoms with Crippen LogP contribution in [0.2, 0.25) is 5.02 Å². The Labute approximate surface area is 224 Å². The Balaban J connectivity index is 1.08. The van der Waals surface area contributed by atoms with Gasteiger partial charge in [0.2, 0.25) is 5.88 Å². The summed E-state index contributed by atoms with van der Waals surface area (Å²) in [5.41, 5.74) is 2.98. The fraction of sp³-hybridized carbons (Fsp3) is 0.393. The highest BCUT2D eigenvalue weighted by Gasteiger charge is 2.25. The van der Waals surface area contributed by atoms with E-state index in [9.17, 15) is 9.18 Å². The molecule has 198 valence electrons. The second-order valence-corrected chi connectivity index (χ2v) is 10.4. The molecule has 0 aliphatic carbocycles. The van der Waals surface area contributed by atoms with Crippen LogP contribution < -0.4 is 4.74 Å². The van der Waals surface area contributed by atoms with E-state index in [1.165, 1.54) is 6.07 Å². The van der Waals surface area contributed by atoms with Crippen molar-refractivity contribution in [3.8, 4) is 5.88 Å². The smallest absolute Gasteiger partial charge is 0.233 e. The monoisotopic (exact) mass is 537 g/mol. The molecule has 4 aromatic rings. The number of carbonyl (C=O) groups excluding carboxylic acids is 1. The van der Waals surface area contributed by atoms with E-state index in [1.54, 1.807) is 12.1 Å². The number of hydrogen-bond donors (Lipinski definition) is 0. The molecule has 0 radical (unpaired) electrons. The van der Waals surface area contributed by atoms with Crippen molar-refractivity contribution in [1.82, 2.24) is 24.2 Å². The predicted octanol–water partition coefficient (Wildman–Crippen LogP) is 5.04. The molecule has 8 nitrogen and oxygen atoms in total. The Hall–Kier alpha value is -3.27. The molecular formula is C28H29ClFN5O3. The van der Waals surface area contributed by atoms with E-state index >= 15 is 0 Å². The lowest BCUT2D eigenvalue weighted by molar-refractivity contribution is -0.0592. The molecular weight excluding hydrogens is 509 g/mol. The number of halogens is 2. The summed E-state index contributed by atoms with van der Waals surface area (Å²) in [4.78, 5) is 18.7. The van der Waals surface area contributed by atoms with Gasteiger partial charge < -0.3 is 14.0 Å². The van der Waals surface area contributed by atoms with Gasteiger partial charge in [0.15, 0.2) is 0 Å². The quantitative estimate of drug-likeness (QED) is 0.278. The highest BCUT2D eigenvalue weighted by atomic mass is 35.5. The van der Waals surface area contributed by atoms with Crippen molar-refractivity contribution in [2.75, 3.05) is 19.7 Å². The van der Waals surface area contributed by atoms with Crippen LogP contribution in [0.5, 0.6) is 5.88 Å². The second kappa shape index (κ2) is 10.8. The minimum Gasteiger partial charge on any atom is -0.472 e. The summed E-state index contributed by atoms with van der Waals surface area (Å²) in [7, 11) is 0. The van der Waals surface area contributed by atoms with Gasteiger partial charge in [-0.2, -0.15) is 0 Å². The Kier molecular flexibility index (Phi) is 7.14. The summed E-state index contributed by atoms with van der Waals surface area (Å²) < 4.78 is 29.6. The van der Waals surface area contributed by atoms with Crippen LogP contribution in [-0.2, 0) is 24.4 Å². The molecule has 4 heterocycles. The van der Waals surface area contributed by atoms with Crippen LogP contribution in [0.4, 0.5) is 4.39 Å². The molecule has 2 aromatic heterocycles. The van der Waals surface area contributed by atoms with Gasteiger partial charge >= 0.3 is 0 Å². The fourth-order valence-corrected chi connectivity index (χ4v) is 5.31. The molecule has 0 spiro atoms. The van der Waals surface area contributed by atoms with Crippen molar-refractivity contribution in [3.05, 3.63) is 76.5 Å². The van der Waals surface area contributed by atoms with E-state index in [0.29, 0.717) is 22.0 Å². The molecule has 0 saturated carbocycles. The number of imidazole rings is 1. The molecule has 2 aliphatic rings. The number of benzene rings is 2. The van der Waals surface area contributed by atoms with Gasteiger partial charge in [-0.25, -0.2) is 9.37 Å². The number of aromatic nitrogens is 4. The van der Waals surface area contributed by atoms with Crippen LogP contribution in [-0.4, -0.2) is 56.3 Å². The summed E-state index contributed by atoms with van der Waals surface area (Å²) in [6, 6.07) is 12.3. The van der Waals surface area contributed by atoms with Gasteiger partial charge in [-0.05, 0) is 49.6 Å². The van der Waals surface area contributed by atoms with Crippen LogP contribution in [0, 0.1) is 5.82 Å². The zero-order valence-electron chi connectivity index (χ0n) is 20.9. The largest absolute Gasteiger partial charge is 0.472 e. The molecule has 38 heavy (non-hydrogen) atoms. The first-order valence-corrected chi connectivity index (χ1v) is 13.3. The Morgan fingerprint density at radius 1 is 1.13 bits per heavy atom. The van der Waals surface area contributed by atoms with Gasteiger partial charge in [0.05, 0.1) is 36.3 Å². The molecule has 2 saturated heterocycles. The van der Waals surface area contributed by atoms with Gasteiger partial charge in [-0.15, -0.1) is 5.10 Å². The van der Waals surface area contributed by atoms with Crippen LogP contribution in [0.25, 0.3) is 11.0 Å². The molecule has 2 aliphatic heterocycles. The van der Waals surface area contributed by atoms with E-state index in [0.717, 1.165) is 75.2 Å². The fourth-order valence-electron chi connectivity index (χ4n) is 5.15. The molecule has 0 N–H and O–H groups in total. The number of hydrogen-bond acceptors (Lipinski definition) is 6. The van der Waals surface area contributed by atoms with Crippen LogP contribution >= 0.6 is 11.6 Å². The third-order valence-electron chi connectivity index (χ3n) is 7.44. The number of nitrogens with zero attached hydrogens (tertiary/aromatic N) is 5. The van der Waals surface area contributed by atoms with Crippen LogP contribution in [0.15, 0.2) is 48.7 Å². The minimum absolute atomic E-state index is 0.0969. The molecule has 2 fully saturated rings. The topological polar surface area (TPSA) is 74.4 Å². The van der Waals surface area contributed by atoms with Crippen LogP contribution in [0.3, 0.4) is 0 Å². The number of piperidine rings is 1. The Morgan fingerprint density at radius 3 is 2.71 bits per heavy atom. The van der Waals surface area contributed by atoms with E-state index in [1.807, 2.05) is 35.1 Å². The van der Waals surface area contributed by atoms with Gasteiger partial charge in [-0.3, -0.25) is 14.4 Å². The summed E-state index contributed by atoms with van der Waals surface area (Å²) in [5, 5.41) is 4.94. The maximum absolute atomic E-state index is 14.0. The van der Waals surface area contributed by atoms with Crippen molar-refractivity contribution in [1.29, 1.82) is 0 Å². The average molecular weight is 538 g/mol. The third-order valence-corrected chi connectivity index (χ3v) is 7.67. The SMILES string of the molecule is O=Cc1ccc2nc(CN3CCC(n4ccc(OCc5ccc(Cl)cc5F)n4)CC3)n(C[C@@H]3CCO3)c2c1. The lowest BCUT2D eigenvalue weighted by Gasteiger charge is -2.32. The van der Waals surface area contributed by atoms with Gasteiger partial charge in [0.25, 0.3) is 0 Å². The maximum Gasteiger partial charge on any atom is 0.233 e. The predicted molar refractivity (Wildman–Crippen MR) is 141 cm³/mol. The summed E-state index contributed by atoms with van der Waals surface area (Å²) in [6.07, 6.45) is 5.95. The van der Waals surface area contributed by atoms with Gasteiger partial charge in [0, 0.05) is 48.1 Å². The van der Waals surface area contributed by atoms with Crippen molar-refractivity contribution >= 4 is 28.9 Å². The second-order valence-electron chi connectivity index (χ2n) is 9.95. The first-order chi connectivity index (χ1) is 18.6.